The Morgan fingerprint density at radius 3 is 2.22 bits per heavy atom. The number of alkyl halides is 3. The van der Waals surface area contributed by atoms with Crippen molar-refractivity contribution in [2.75, 3.05) is 0 Å². The second-order valence-corrected chi connectivity index (χ2v) is 5.04. The molecule has 100 valence electrons. The second kappa shape index (κ2) is 4.97. The molecule has 0 unspecified atom stereocenters. The number of hydrogen-bond acceptors (Lipinski definition) is 1. The number of halogens is 5. The lowest BCUT2D eigenvalue weighted by Crippen LogP contribution is -2.47. The summed E-state index contributed by atoms with van der Waals surface area (Å²) in [5.74, 6) is -2.02. The van der Waals surface area contributed by atoms with E-state index in [1.807, 2.05) is 5.32 Å². The first-order valence-electron chi connectivity index (χ1n) is 4.89. The van der Waals surface area contributed by atoms with E-state index in [1.54, 1.807) is 0 Å². The Hall–Kier alpha value is -0.940. The van der Waals surface area contributed by atoms with Gasteiger partial charge >= 0.3 is 12.1 Å². The monoisotopic (exact) mass is 299 g/mol. The fourth-order valence-corrected chi connectivity index (χ4v) is 2.06. The van der Waals surface area contributed by atoms with Crippen LogP contribution < -0.4 is 5.32 Å². The van der Waals surface area contributed by atoms with Gasteiger partial charge in [0, 0.05) is 10.0 Å². The summed E-state index contributed by atoms with van der Waals surface area (Å²) in [7, 11) is 0. The van der Waals surface area contributed by atoms with Crippen LogP contribution >= 0.6 is 23.2 Å². The van der Waals surface area contributed by atoms with Crippen LogP contribution in [-0.4, -0.2) is 12.1 Å². The van der Waals surface area contributed by atoms with Crippen LogP contribution in [0.3, 0.4) is 0 Å². The summed E-state index contributed by atoms with van der Waals surface area (Å²) < 4.78 is 36.6. The van der Waals surface area contributed by atoms with E-state index in [1.165, 1.54) is 32.0 Å². The third kappa shape index (κ3) is 3.53. The van der Waals surface area contributed by atoms with Gasteiger partial charge in [0.05, 0.1) is 5.54 Å². The van der Waals surface area contributed by atoms with Crippen LogP contribution in [0.2, 0.25) is 10.0 Å². The number of nitrogens with one attached hydrogen (secondary N) is 1. The molecule has 1 aromatic rings. The van der Waals surface area contributed by atoms with Gasteiger partial charge in [-0.25, -0.2) is 0 Å². The first-order chi connectivity index (χ1) is 8.04. The number of carbonyl (C=O) groups excluding carboxylic acids is 1. The summed E-state index contributed by atoms with van der Waals surface area (Å²) in [6, 6.07) is 4.37. The van der Waals surface area contributed by atoms with Crippen LogP contribution in [0.4, 0.5) is 13.2 Å². The number of carbonyl (C=O) groups is 1. The van der Waals surface area contributed by atoms with Crippen LogP contribution in [0.5, 0.6) is 0 Å². The van der Waals surface area contributed by atoms with Crippen molar-refractivity contribution in [3.8, 4) is 0 Å². The maximum atomic E-state index is 12.2. The zero-order valence-electron chi connectivity index (χ0n) is 9.53. The van der Waals surface area contributed by atoms with Crippen LogP contribution in [0.1, 0.15) is 19.4 Å². The quantitative estimate of drug-likeness (QED) is 0.881. The standard InChI is InChI=1S/C11H10Cl2F3NO/c1-10(2,17-9(18)11(14,15)16)7-4-3-6(12)5-8(7)13/h3-5H,1-2H3,(H,17,18). The van der Waals surface area contributed by atoms with Crippen molar-refractivity contribution in [3.63, 3.8) is 0 Å². The molecule has 7 heteroatoms. The molecule has 0 aliphatic heterocycles. The topological polar surface area (TPSA) is 29.1 Å². The van der Waals surface area contributed by atoms with Crippen molar-refractivity contribution in [1.29, 1.82) is 0 Å². The normalized spacial score (nSPS) is 12.4. The van der Waals surface area contributed by atoms with Crippen molar-refractivity contribution >= 4 is 29.1 Å². The molecule has 0 saturated carbocycles. The third-order valence-corrected chi connectivity index (χ3v) is 2.84. The molecule has 18 heavy (non-hydrogen) atoms. The van der Waals surface area contributed by atoms with E-state index in [-0.39, 0.29) is 5.02 Å². The summed E-state index contributed by atoms with van der Waals surface area (Å²) in [6.45, 7) is 2.84. The smallest absolute Gasteiger partial charge is 0.339 e. The van der Waals surface area contributed by atoms with Gasteiger partial charge in [-0.05, 0) is 31.5 Å². The molecule has 1 amide bonds. The highest BCUT2D eigenvalue weighted by Gasteiger charge is 2.42. The maximum absolute atomic E-state index is 12.2. The highest BCUT2D eigenvalue weighted by atomic mass is 35.5. The molecule has 0 aromatic heterocycles. The van der Waals surface area contributed by atoms with Crippen molar-refractivity contribution in [1.82, 2.24) is 5.32 Å². The Balaban J connectivity index is 3.03. The van der Waals surface area contributed by atoms with Crippen molar-refractivity contribution in [3.05, 3.63) is 33.8 Å². The molecule has 0 aliphatic rings. The molecule has 0 heterocycles. The maximum Gasteiger partial charge on any atom is 0.471 e. The van der Waals surface area contributed by atoms with E-state index in [2.05, 4.69) is 0 Å². The Kier molecular flexibility index (Phi) is 4.18. The lowest BCUT2D eigenvalue weighted by molar-refractivity contribution is -0.175. The molecule has 2 nitrogen and oxygen atoms in total. The molecule has 1 aromatic carbocycles. The fourth-order valence-electron chi connectivity index (χ4n) is 1.42. The predicted octanol–water partition coefficient (Wildman–Crippen LogP) is 3.91. The molecule has 0 aliphatic carbocycles. The zero-order valence-corrected chi connectivity index (χ0v) is 11.0. The molecule has 1 rings (SSSR count). The SMILES string of the molecule is CC(C)(NC(=O)C(F)(F)F)c1ccc(Cl)cc1Cl. The van der Waals surface area contributed by atoms with Gasteiger partial charge in [0.1, 0.15) is 0 Å². The molecular formula is C11H10Cl2F3NO. The number of hydrogen-bond donors (Lipinski definition) is 1. The van der Waals surface area contributed by atoms with E-state index in [0.29, 0.717) is 10.6 Å². The molecule has 0 spiro atoms. The molecule has 0 atom stereocenters. The molecule has 1 N–H and O–H groups in total. The second-order valence-electron chi connectivity index (χ2n) is 4.20. The van der Waals surface area contributed by atoms with E-state index < -0.39 is 17.6 Å². The highest BCUT2D eigenvalue weighted by molar-refractivity contribution is 6.35. The predicted molar refractivity (Wildman–Crippen MR) is 63.7 cm³/mol. The summed E-state index contributed by atoms with van der Waals surface area (Å²) in [6.07, 6.45) is -4.93. The summed E-state index contributed by atoms with van der Waals surface area (Å²) in [5, 5.41) is 2.43. The average molecular weight is 300 g/mol. The minimum absolute atomic E-state index is 0.190. The van der Waals surface area contributed by atoms with Gasteiger partial charge in [0.2, 0.25) is 0 Å². The highest BCUT2D eigenvalue weighted by Crippen LogP contribution is 2.31. The van der Waals surface area contributed by atoms with E-state index >= 15 is 0 Å². The van der Waals surface area contributed by atoms with Crippen molar-refractivity contribution in [2.45, 2.75) is 25.6 Å². The van der Waals surface area contributed by atoms with Crippen molar-refractivity contribution in [2.24, 2.45) is 0 Å². The average Bonchev–Trinajstić information content (AvgIpc) is 2.14. The molecule has 0 bridgehead atoms. The Morgan fingerprint density at radius 1 is 1.22 bits per heavy atom. The zero-order chi connectivity index (χ0) is 14.1. The van der Waals surface area contributed by atoms with Gasteiger partial charge in [0.15, 0.2) is 0 Å². The van der Waals surface area contributed by atoms with Crippen LogP contribution in [0.15, 0.2) is 18.2 Å². The van der Waals surface area contributed by atoms with E-state index in [9.17, 15) is 18.0 Å². The number of amides is 1. The minimum Gasteiger partial charge on any atom is -0.339 e. The third-order valence-electron chi connectivity index (χ3n) is 2.29. The van der Waals surface area contributed by atoms with Gasteiger partial charge in [0.25, 0.3) is 0 Å². The van der Waals surface area contributed by atoms with E-state index in [0.717, 1.165) is 0 Å². The minimum atomic E-state index is -4.93. The summed E-state index contributed by atoms with van der Waals surface area (Å²) >= 11 is 11.6. The largest absolute Gasteiger partial charge is 0.471 e. The van der Waals surface area contributed by atoms with Gasteiger partial charge in [-0.2, -0.15) is 13.2 Å². The number of rotatable bonds is 2. The van der Waals surface area contributed by atoms with Crippen LogP contribution in [0.25, 0.3) is 0 Å². The van der Waals surface area contributed by atoms with Crippen molar-refractivity contribution < 1.29 is 18.0 Å². The van der Waals surface area contributed by atoms with Gasteiger partial charge < -0.3 is 5.32 Å². The Morgan fingerprint density at radius 2 is 1.78 bits per heavy atom. The lowest BCUT2D eigenvalue weighted by atomic mass is 9.94. The molecule has 0 fully saturated rings. The summed E-state index contributed by atoms with van der Waals surface area (Å²) in [4.78, 5) is 10.9. The lowest BCUT2D eigenvalue weighted by Gasteiger charge is -2.28. The Bertz CT molecular complexity index is 472. The molecular weight excluding hydrogens is 290 g/mol. The molecule has 0 saturated heterocycles. The fraction of sp³-hybridized carbons (Fsp3) is 0.364. The number of benzene rings is 1. The van der Waals surface area contributed by atoms with Crippen LogP contribution in [-0.2, 0) is 10.3 Å². The molecule has 0 radical (unpaired) electrons. The summed E-state index contributed by atoms with van der Waals surface area (Å²) in [5.41, 5.74) is -0.903. The first kappa shape index (κ1) is 15.1. The van der Waals surface area contributed by atoms with Gasteiger partial charge in [-0.3, -0.25) is 4.79 Å². The van der Waals surface area contributed by atoms with Gasteiger partial charge in [-0.15, -0.1) is 0 Å². The first-order valence-corrected chi connectivity index (χ1v) is 5.64. The van der Waals surface area contributed by atoms with Crippen LogP contribution in [0, 0.1) is 0 Å². The van der Waals surface area contributed by atoms with Gasteiger partial charge in [-0.1, -0.05) is 29.3 Å². The Labute approximate surface area is 112 Å². The van der Waals surface area contributed by atoms with E-state index in [4.69, 9.17) is 23.2 Å².